The predicted molar refractivity (Wildman–Crippen MR) is 79.7 cm³/mol. The average Bonchev–Trinajstić information content (AvgIpc) is 2.49. The van der Waals surface area contributed by atoms with Crippen molar-refractivity contribution in [3.05, 3.63) is 23.8 Å². The quantitative estimate of drug-likeness (QED) is 0.907. The van der Waals surface area contributed by atoms with Gasteiger partial charge in [-0.3, -0.25) is 4.90 Å². The highest BCUT2D eigenvalue weighted by atomic mass is 16.6. The zero-order valence-corrected chi connectivity index (χ0v) is 12.2. The van der Waals surface area contributed by atoms with Crippen molar-refractivity contribution in [3.63, 3.8) is 0 Å². The van der Waals surface area contributed by atoms with Gasteiger partial charge in [0.1, 0.15) is 13.2 Å². The second-order valence-electron chi connectivity index (χ2n) is 5.67. The summed E-state index contributed by atoms with van der Waals surface area (Å²) in [6, 6.07) is 6.99. The van der Waals surface area contributed by atoms with Gasteiger partial charge in [0, 0.05) is 25.7 Å². The number of hydrogen-bond acceptors (Lipinski definition) is 4. The molecule has 1 N–H and O–H groups in total. The van der Waals surface area contributed by atoms with E-state index < -0.39 is 0 Å². The largest absolute Gasteiger partial charge is 0.486 e. The Labute approximate surface area is 121 Å². The van der Waals surface area contributed by atoms with E-state index in [0.717, 1.165) is 31.0 Å². The first-order chi connectivity index (χ1) is 9.83. The molecule has 1 unspecified atom stereocenters. The van der Waals surface area contributed by atoms with Crippen LogP contribution in [0.15, 0.2) is 18.2 Å². The third-order valence-corrected chi connectivity index (χ3v) is 4.16. The molecule has 0 saturated carbocycles. The van der Waals surface area contributed by atoms with Crippen LogP contribution in [-0.4, -0.2) is 50.3 Å². The van der Waals surface area contributed by atoms with Crippen molar-refractivity contribution >= 4 is 0 Å². The highest BCUT2D eigenvalue weighted by Gasteiger charge is 2.17. The SMILES string of the molecule is CC1CNCCN1CCCc1ccc2c(c1)OCCO2. The molecule has 0 radical (unpaired) electrons. The number of rotatable bonds is 4. The normalized spacial score (nSPS) is 22.8. The number of piperazine rings is 1. The highest BCUT2D eigenvalue weighted by molar-refractivity contribution is 5.43. The van der Waals surface area contributed by atoms with E-state index in [1.165, 1.54) is 25.1 Å². The molecular formula is C16H24N2O2. The summed E-state index contributed by atoms with van der Waals surface area (Å²) in [5.74, 6) is 1.79. The van der Waals surface area contributed by atoms with Crippen molar-refractivity contribution in [1.82, 2.24) is 10.2 Å². The zero-order chi connectivity index (χ0) is 13.8. The molecule has 1 aromatic rings. The lowest BCUT2D eigenvalue weighted by atomic mass is 10.1. The molecule has 0 bridgehead atoms. The molecule has 2 aliphatic rings. The maximum absolute atomic E-state index is 5.63. The minimum Gasteiger partial charge on any atom is -0.486 e. The van der Waals surface area contributed by atoms with Gasteiger partial charge in [-0.05, 0) is 44.0 Å². The van der Waals surface area contributed by atoms with Gasteiger partial charge in [-0.1, -0.05) is 6.07 Å². The van der Waals surface area contributed by atoms with E-state index >= 15 is 0 Å². The molecule has 4 nitrogen and oxygen atoms in total. The molecule has 1 saturated heterocycles. The monoisotopic (exact) mass is 276 g/mol. The van der Waals surface area contributed by atoms with Crippen LogP contribution in [0.1, 0.15) is 18.9 Å². The molecule has 2 heterocycles. The number of nitrogens with zero attached hydrogens (tertiary/aromatic N) is 1. The Balaban J connectivity index is 1.50. The number of nitrogens with one attached hydrogen (secondary N) is 1. The molecule has 1 fully saturated rings. The summed E-state index contributed by atoms with van der Waals surface area (Å²) in [5.41, 5.74) is 1.34. The number of benzene rings is 1. The Morgan fingerprint density at radius 2 is 2.10 bits per heavy atom. The summed E-state index contributed by atoms with van der Waals surface area (Å²) in [5, 5.41) is 3.43. The molecule has 0 aromatic heterocycles. The van der Waals surface area contributed by atoms with E-state index in [9.17, 15) is 0 Å². The molecule has 4 heteroatoms. The van der Waals surface area contributed by atoms with Gasteiger partial charge in [0.15, 0.2) is 11.5 Å². The van der Waals surface area contributed by atoms with E-state index in [0.29, 0.717) is 19.3 Å². The van der Waals surface area contributed by atoms with Gasteiger partial charge in [0.2, 0.25) is 0 Å². The smallest absolute Gasteiger partial charge is 0.161 e. The van der Waals surface area contributed by atoms with Gasteiger partial charge in [0.25, 0.3) is 0 Å². The maximum atomic E-state index is 5.63. The highest BCUT2D eigenvalue weighted by Crippen LogP contribution is 2.31. The first-order valence-electron chi connectivity index (χ1n) is 7.66. The Hall–Kier alpha value is -1.26. The first-order valence-corrected chi connectivity index (χ1v) is 7.66. The van der Waals surface area contributed by atoms with Crippen LogP contribution in [0.5, 0.6) is 11.5 Å². The Morgan fingerprint density at radius 3 is 2.95 bits per heavy atom. The summed E-state index contributed by atoms with van der Waals surface area (Å²) in [7, 11) is 0. The Bertz CT molecular complexity index is 450. The molecule has 1 atom stereocenters. The fourth-order valence-electron chi connectivity index (χ4n) is 2.94. The van der Waals surface area contributed by atoms with E-state index in [1.54, 1.807) is 0 Å². The van der Waals surface area contributed by atoms with Crippen molar-refractivity contribution in [2.24, 2.45) is 0 Å². The lowest BCUT2D eigenvalue weighted by Crippen LogP contribution is -2.49. The molecule has 110 valence electrons. The minimum atomic E-state index is 0.656. The Morgan fingerprint density at radius 1 is 1.25 bits per heavy atom. The van der Waals surface area contributed by atoms with Gasteiger partial charge in [-0.15, -0.1) is 0 Å². The standard InChI is InChI=1S/C16H24N2O2/c1-13-12-17-6-8-18(13)7-2-3-14-4-5-15-16(11-14)20-10-9-19-15/h4-5,11,13,17H,2-3,6-10,12H2,1H3. The maximum Gasteiger partial charge on any atom is 0.161 e. The van der Waals surface area contributed by atoms with Gasteiger partial charge in [-0.25, -0.2) is 0 Å². The van der Waals surface area contributed by atoms with Gasteiger partial charge < -0.3 is 14.8 Å². The average molecular weight is 276 g/mol. The van der Waals surface area contributed by atoms with Crippen LogP contribution in [0.2, 0.25) is 0 Å². The van der Waals surface area contributed by atoms with Crippen molar-refractivity contribution in [2.75, 3.05) is 39.4 Å². The van der Waals surface area contributed by atoms with Crippen LogP contribution in [0.4, 0.5) is 0 Å². The van der Waals surface area contributed by atoms with Crippen LogP contribution in [0, 0.1) is 0 Å². The number of aryl methyl sites for hydroxylation is 1. The van der Waals surface area contributed by atoms with Crippen molar-refractivity contribution in [2.45, 2.75) is 25.8 Å². The molecule has 3 rings (SSSR count). The van der Waals surface area contributed by atoms with Gasteiger partial charge in [-0.2, -0.15) is 0 Å². The van der Waals surface area contributed by atoms with Crippen molar-refractivity contribution in [3.8, 4) is 11.5 Å². The summed E-state index contributed by atoms with van der Waals surface area (Å²) in [6.45, 7) is 8.20. The molecule has 1 aromatic carbocycles. The van der Waals surface area contributed by atoms with E-state index in [-0.39, 0.29) is 0 Å². The number of hydrogen-bond donors (Lipinski definition) is 1. The Kier molecular flexibility index (Phi) is 4.43. The fourth-order valence-corrected chi connectivity index (χ4v) is 2.94. The topological polar surface area (TPSA) is 33.7 Å². The van der Waals surface area contributed by atoms with E-state index in [2.05, 4.69) is 29.3 Å². The first kappa shape index (κ1) is 13.7. The number of ether oxygens (including phenoxy) is 2. The second kappa shape index (κ2) is 6.46. The molecule has 0 spiro atoms. The predicted octanol–water partition coefficient (Wildman–Crippen LogP) is 1.68. The van der Waals surface area contributed by atoms with Crippen LogP contribution in [0.3, 0.4) is 0 Å². The lowest BCUT2D eigenvalue weighted by Gasteiger charge is -2.33. The second-order valence-corrected chi connectivity index (χ2v) is 5.67. The summed E-state index contributed by atoms with van der Waals surface area (Å²) in [4.78, 5) is 2.58. The zero-order valence-electron chi connectivity index (χ0n) is 12.2. The molecule has 20 heavy (non-hydrogen) atoms. The van der Waals surface area contributed by atoms with Gasteiger partial charge in [0.05, 0.1) is 0 Å². The molecule has 0 amide bonds. The van der Waals surface area contributed by atoms with Crippen LogP contribution in [-0.2, 0) is 6.42 Å². The van der Waals surface area contributed by atoms with Crippen LogP contribution in [0.25, 0.3) is 0 Å². The lowest BCUT2D eigenvalue weighted by molar-refractivity contribution is 0.170. The van der Waals surface area contributed by atoms with Crippen molar-refractivity contribution < 1.29 is 9.47 Å². The molecule has 2 aliphatic heterocycles. The van der Waals surface area contributed by atoms with Crippen LogP contribution < -0.4 is 14.8 Å². The van der Waals surface area contributed by atoms with Crippen molar-refractivity contribution in [1.29, 1.82) is 0 Å². The number of fused-ring (bicyclic) bond motifs is 1. The minimum absolute atomic E-state index is 0.656. The fraction of sp³-hybridized carbons (Fsp3) is 0.625. The summed E-state index contributed by atoms with van der Waals surface area (Å²) >= 11 is 0. The molecule has 0 aliphatic carbocycles. The van der Waals surface area contributed by atoms with E-state index in [4.69, 9.17) is 9.47 Å². The van der Waals surface area contributed by atoms with Gasteiger partial charge >= 0.3 is 0 Å². The van der Waals surface area contributed by atoms with Crippen LogP contribution >= 0.6 is 0 Å². The molecular weight excluding hydrogens is 252 g/mol. The summed E-state index contributed by atoms with van der Waals surface area (Å²) < 4.78 is 11.2. The third-order valence-electron chi connectivity index (χ3n) is 4.16. The summed E-state index contributed by atoms with van der Waals surface area (Å²) in [6.07, 6.45) is 2.30. The third kappa shape index (κ3) is 3.25. The van der Waals surface area contributed by atoms with E-state index in [1.807, 2.05) is 6.07 Å².